The van der Waals surface area contributed by atoms with Gasteiger partial charge in [0.2, 0.25) is 11.9 Å². The summed E-state index contributed by atoms with van der Waals surface area (Å²) in [4.78, 5) is 16.5. The molecule has 1 aliphatic rings. The van der Waals surface area contributed by atoms with E-state index in [4.69, 9.17) is 0 Å². The van der Waals surface area contributed by atoms with Crippen LogP contribution in [-0.2, 0) is 21.9 Å². The van der Waals surface area contributed by atoms with Gasteiger partial charge in [0.15, 0.2) is 5.65 Å². The number of aryl methyl sites for hydroxylation is 2. The van der Waals surface area contributed by atoms with E-state index in [1.165, 1.54) is 10.9 Å². The quantitative estimate of drug-likeness (QED) is 0.464. The van der Waals surface area contributed by atoms with E-state index in [1.807, 2.05) is 18.2 Å². The third kappa shape index (κ3) is 3.82. The summed E-state index contributed by atoms with van der Waals surface area (Å²) in [5.74, 6) is 0.279. The van der Waals surface area contributed by atoms with Gasteiger partial charge < -0.3 is 0 Å². The molecule has 0 unspecified atom stereocenters. The molecule has 3 heterocycles. The minimum atomic E-state index is -3.75. The molecule has 3 aromatic heterocycles. The van der Waals surface area contributed by atoms with Crippen molar-refractivity contribution in [2.24, 2.45) is 13.0 Å². The molecule has 10 nitrogen and oxygen atoms in total. The number of benzene rings is 1. The summed E-state index contributed by atoms with van der Waals surface area (Å²) in [6, 6.07) is 12.5. The Labute approximate surface area is 184 Å². The molecule has 0 spiro atoms. The van der Waals surface area contributed by atoms with Gasteiger partial charge in [-0.3, -0.25) is 19.5 Å². The number of carbonyl (C=O) groups is 1. The highest BCUT2D eigenvalue weighted by molar-refractivity contribution is 7.92. The SMILES string of the molecule is Cc1nn(C)cc1S(=O)(=O)Nc1ccc(-c2cccc3nc(NC(=O)C4CC4)nn23)cc1. The van der Waals surface area contributed by atoms with Crippen molar-refractivity contribution < 1.29 is 13.2 Å². The second-order valence-corrected chi connectivity index (χ2v) is 9.47. The molecule has 0 aliphatic heterocycles. The number of sulfonamides is 1. The Kier molecular flexibility index (Phi) is 4.70. The van der Waals surface area contributed by atoms with Gasteiger partial charge in [-0.1, -0.05) is 18.2 Å². The Morgan fingerprint density at radius 2 is 1.84 bits per heavy atom. The number of nitrogens with one attached hydrogen (secondary N) is 2. The fourth-order valence-corrected chi connectivity index (χ4v) is 4.77. The lowest BCUT2D eigenvalue weighted by Crippen LogP contribution is -2.14. The van der Waals surface area contributed by atoms with E-state index in [2.05, 4.69) is 25.2 Å². The summed E-state index contributed by atoms with van der Waals surface area (Å²) in [7, 11) is -2.07. The molecule has 32 heavy (non-hydrogen) atoms. The van der Waals surface area contributed by atoms with E-state index in [1.54, 1.807) is 42.8 Å². The van der Waals surface area contributed by atoms with Gasteiger partial charge in [-0.05, 0) is 44.0 Å². The first-order chi connectivity index (χ1) is 15.3. The van der Waals surface area contributed by atoms with E-state index in [-0.39, 0.29) is 22.7 Å². The molecule has 164 valence electrons. The van der Waals surface area contributed by atoms with Crippen LogP contribution in [0.3, 0.4) is 0 Å². The number of fused-ring (bicyclic) bond motifs is 1. The number of anilines is 2. The van der Waals surface area contributed by atoms with E-state index >= 15 is 0 Å². The predicted molar refractivity (Wildman–Crippen MR) is 119 cm³/mol. The fraction of sp³-hybridized carbons (Fsp3) is 0.238. The molecule has 0 atom stereocenters. The fourth-order valence-electron chi connectivity index (χ4n) is 3.50. The molecule has 1 aromatic carbocycles. The number of nitrogens with zero attached hydrogens (tertiary/aromatic N) is 5. The summed E-state index contributed by atoms with van der Waals surface area (Å²) in [6.07, 6.45) is 3.28. The Balaban J connectivity index is 1.40. The Bertz CT molecular complexity index is 1430. The Morgan fingerprint density at radius 1 is 1.09 bits per heavy atom. The zero-order valence-corrected chi connectivity index (χ0v) is 18.3. The normalized spacial score (nSPS) is 13.9. The molecule has 0 saturated heterocycles. The van der Waals surface area contributed by atoms with Crippen LogP contribution in [0.1, 0.15) is 18.5 Å². The van der Waals surface area contributed by atoms with Crippen molar-refractivity contribution in [3.8, 4) is 11.3 Å². The van der Waals surface area contributed by atoms with Crippen molar-refractivity contribution in [2.75, 3.05) is 10.0 Å². The number of hydrogen-bond donors (Lipinski definition) is 2. The average molecular weight is 452 g/mol. The van der Waals surface area contributed by atoms with Crippen LogP contribution in [0.2, 0.25) is 0 Å². The van der Waals surface area contributed by atoms with Crippen molar-refractivity contribution in [2.45, 2.75) is 24.7 Å². The summed E-state index contributed by atoms with van der Waals surface area (Å²) in [6.45, 7) is 1.65. The minimum Gasteiger partial charge on any atom is -0.293 e. The topological polar surface area (TPSA) is 123 Å². The molecule has 2 N–H and O–H groups in total. The Morgan fingerprint density at radius 3 is 2.50 bits per heavy atom. The lowest BCUT2D eigenvalue weighted by Gasteiger charge is -2.09. The largest absolute Gasteiger partial charge is 0.293 e. The number of rotatable bonds is 6. The molecule has 1 aliphatic carbocycles. The van der Waals surface area contributed by atoms with Crippen LogP contribution in [0.25, 0.3) is 16.9 Å². The highest BCUT2D eigenvalue weighted by Crippen LogP contribution is 2.30. The van der Waals surface area contributed by atoms with Crippen LogP contribution < -0.4 is 10.0 Å². The van der Waals surface area contributed by atoms with Gasteiger partial charge in [0, 0.05) is 30.4 Å². The summed E-state index contributed by atoms with van der Waals surface area (Å²) in [5.41, 5.74) is 3.05. The second-order valence-electron chi connectivity index (χ2n) is 7.82. The van der Waals surface area contributed by atoms with E-state index in [9.17, 15) is 13.2 Å². The predicted octanol–water partition coefficient (Wildman–Crippen LogP) is 2.59. The van der Waals surface area contributed by atoms with Crippen molar-refractivity contribution in [1.29, 1.82) is 0 Å². The van der Waals surface area contributed by atoms with Crippen molar-refractivity contribution in [3.63, 3.8) is 0 Å². The maximum atomic E-state index is 12.7. The lowest BCUT2D eigenvalue weighted by molar-refractivity contribution is -0.117. The summed E-state index contributed by atoms with van der Waals surface area (Å²) < 4.78 is 31.1. The van der Waals surface area contributed by atoms with E-state index in [0.717, 1.165) is 24.1 Å². The molecule has 1 fully saturated rings. The third-order valence-corrected chi connectivity index (χ3v) is 6.72. The maximum absolute atomic E-state index is 12.7. The molecule has 1 saturated carbocycles. The monoisotopic (exact) mass is 451 g/mol. The first-order valence-electron chi connectivity index (χ1n) is 10.1. The van der Waals surface area contributed by atoms with Crippen molar-refractivity contribution >= 4 is 33.2 Å². The first kappa shape index (κ1) is 20.2. The highest BCUT2D eigenvalue weighted by Gasteiger charge is 2.30. The molecule has 0 radical (unpaired) electrons. The average Bonchev–Trinajstić information content (AvgIpc) is 3.43. The van der Waals surface area contributed by atoms with Crippen LogP contribution in [0.4, 0.5) is 11.6 Å². The molecule has 0 bridgehead atoms. The summed E-state index contributed by atoms with van der Waals surface area (Å²) >= 11 is 0. The van der Waals surface area contributed by atoms with Crippen LogP contribution >= 0.6 is 0 Å². The van der Waals surface area contributed by atoms with Gasteiger partial charge in [-0.2, -0.15) is 10.1 Å². The third-order valence-electron chi connectivity index (χ3n) is 5.23. The van der Waals surface area contributed by atoms with Crippen molar-refractivity contribution in [3.05, 3.63) is 54.4 Å². The van der Waals surface area contributed by atoms with Crippen LogP contribution in [0.15, 0.2) is 53.6 Å². The Hall–Kier alpha value is -3.73. The van der Waals surface area contributed by atoms with E-state index in [0.29, 0.717) is 17.0 Å². The van der Waals surface area contributed by atoms with Gasteiger partial charge >= 0.3 is 0 Å². The highest BCUT2D eigenvalue weighted by atomic mass is 32.2. The van der Waals surface area contributed by atoms with Gasteiger partial charge in [0.05, 0.1) is 11.4 Å². The van der Waals surface area contributed by atoms with Crippen LogP contribution in [-0.4, -0.2) is 38.7 Å². The molecular weight excluding hydrogens is 430 g/mol. The van der Waals surface area contributed by atoms with E-state index < -0.39 is 10.0 Å². The molecular formula is C21H21N7O3S. The van der Waals surface area contributed by atoms with Gasteiger partial charge in [-0.15, -0.1) is 5.10 Å². The lowest BCUT2D eigenvalue weighted by atomic mass is 10.1. The van der Waals surface area contributed by atoms with Gasteiger partial charge in [0.25, 0.3) is 10.0 Å². The number of hydrogen-bond acceptors (Lipinski definition) is 6. The maximum Gasteiger partial charge on any atom is 0.265 e. The van der Waals surface area contributed by atoms with Gasteiger partial charge in [0.1, 0.15) is 4.90 Å². The molecule has 5 rings (SSSR count). The first-order valence-corrected chi connectivity index (χ1v) is 11.6. The van der Waals surface area contributed by atoms with Crippen LogP contribution in [0, 0.1) is 12.8 Å². The number of pyridine rings is 1. The standard InChI is InChI=1S/C21H21N7O3S/c1-13-18(12-27(2)24-13)32(30,31)26-16-10-8-14(9-11-16)17-4-3-5-19-22-21(25-28(17)19)23-20(29)15-6-7-15/h3-5,8-12,15,26H,6-7H2,1-2H3,(H,23,25,29). The molecule has 4 aromatic rings. The molecule has 11 heteroatoms. The zero-order chi connectivity index (χ0) is 22.5. The zero-order valence-electron chi connectivity index (χ0n) is 17.5. The number of amides is 1. The second kappa shape index (κ2) is 7.45. The smallest absolute Gasteiger partial charge is 0.265 e. The minimum absolute atomic E-state index is 0.0528. The van der Waals surface area contributed by atoms with Crippen molar-refractivity contribution in [1.82, 2.24) is 24.4 Å². The number of carbonyl (C=O) groups excluding carboxylic acids is 1. The van der Waals surface area contributed by atoms with Gasteiger partial charge in [-0.25, -0.2) is 12.9 Å². The summed E-state index contributed by atoms with van der Waals surface area (Å²) in [5, 5.41) is 11.3. The van der Waals surface area contributed by atoms with Crippen LogP contribution in [0.5, 0.6) is 0 Å². The molecule has 1 amide bonds. The number of aromatic nitrogens is 5.